The van der Waals surface area contributed by atoms with Crippen molar-refractivity contribution in [2.75, 3.05) is 12.4 Å². The van der Waals surface area contributed by atoms with Gasteiger partial charge in [-0.2, -0.15) is 0 Å². The molecule has 0 heterocycles. The van der Waals surface area contributed by atoms with Crippen LogP contribution in [0.2, 0.25) is 0 Å². The molecule has 5 heteroatoms. The Morgan fingerprint density at radius 3 is 2.29 bits per heavy atom. The second kappa shape index (κ2) is 8.72. The number of benzene rings is 2. The fourth-order valence-corrected chi connectivity index (χ4v) is 2.18. The molecule has 1 amide bonds. The van der Waals surface area contributed by atoms with E-state index in [-0.39, 0.29) is 12.3 Å². The first kappa shape index (κ1) is 17.5. The number of carbonyl (C=O) groups is 2. The van der Waals surface area contributed by atoms with Crippen molar-refractivity contribution in [3.05, 3.63) is 60.2 Å². The van der Waals surface area contributed by atoms with Crippen LogP contribution >= 0.6 is 0 Å². The predicted octanol–water partition coefficient (Wildman–Crippen LogP) is 3.20. The third-order valence-corrected chi connectivity index (χ3v) is 3.49. The Hall–Kier alpha value is -2.82. The zero-order valence-corrected chi connectivity index (χ0v) is 13.8. The van der Waals surface area contributed by atoms with Crippen molar-refractivity contribution in [3.8, 4) is 5.75 Å². The summed E-state index contributed by atoms with van der Waals surface area (Å²) in [6.45, 7) is 1.80. The lowest BCUT2D eigenvalue weighted by atomic mass is 10.1. The molecule has 0 unspecified atom stereocenters. The van der Waals surface area contributed by atoms with Crippen molar-refractivity contribution in [2.45, 2.75) is 25.9 Å². The van der Waals surface area contributed by atoms with E-state index in [1.807, 2.05) is 18.2 Å². The Balaban J connectivity index is 1.90. The Morgan fingerprint density at radius 1 is 1.04 bits per heavy atom. The first-order valence-electron chi connectivity index (χ1n) is 7.80. The molecule has 0 aliphatic carbocycles. The number of hydrogen-bond donors (Lipinski definition) is 1. The minimum atomic E-state index is -0.809. The van der Waals surface area contributed by atoms with Crippen LogP contribution in [-0.4, -0.2) is 25.1 Å². The third kappa shape index (κ3) is 5.12. The molecular weight excluding hydrogens is 306 g/mol. The molecule has 0 saturated carbocycles. The summed E-state index contributed by atoms with van der Waals surface area (Å²) in [6, 6.07) is 16.2. The van der Waals surface area contributed by atoms with E-state index in [4.69, 9.17) is 9.47 Å². The molecule has 126 valence electrons. The van der Waals surface area contributed by atoms with Crippen LogP contribution in [0.1, 0.15) is 18.9 Å². The van der Waals surface area contributed by atoms with E-state index in [9.17, 15) is 9.59 Å². The minimum Gasteiger partial charge on any atom is -0.497 e. The molecule has 0 radical (unpaired) electrons. The summed E-state index contributed by atoms with van der Waals surface area (Å²) >= 11 is 0. The van der Waals surface area contributed by atoms with Crippen molar-refractivity contribution in [1.82, 2.24) is 0 Å². The maximum atomic E-state index is 12.2. The average molecular weight is 327 g/mol. The molecule has 0 saturated heterocycles. The predicted molar refractivity (Wildman–Crippen MR) is 91.9 cm³/mol. The van der Waals surface area contributed by atoms with E-state index in [0.717, 1.165) is 11.3 Å². The molecule has 0 spiro atoms. The number of ether oxygens (including phenoxy) is 2. The Labute approximate surface area is 141 Å². The summed E-state index contributed by atoms with van der Waals surface area (Å²) in [5, 5.41) is 2.74. The first-order chi connectivity index (χ1) is 11.6. The summed E-state index contributed by atoms with van der Waals surface area (Å²) in [6.07, 6.45) is -0.289. The van der Waals surface area contributed by atoms with Crippen molar-refractivity contribution in [2.24, 2.45) is 0 Å². The van der Waals surface area contributed by atoms with Crippen molar-refractivity contribution in [3.63, 3.8) is 0 Å². The van der Waals surface area contributed by atoms with E-state index in [0.29, 0.717) is 12.1 Å². The highest BCUT2D eigenvalue weighted by molar-refractivity contribution is 5.95. The number of amides is 1. The maximum absolute atomic E-state index is 12.2. The van der Waals surface area contributed by atoms with E-state index in [2.05, 4.69) is 5.32 Å². The van der Waals surface area contributed by atoms with Crippen LogP contribution < -0.4 is 10.1 Å². The summed E-state index contributed by atoms with van der Waals surface area (Å²) < 4.78 is 10.4. The Morgan fingerprint density at radius 2 is 1.71 bits per heavy atom. The van der Waals surface area contributed by atoms with Crippen LogP contribution in [0.15, 0.2) is 54.6 Å². The van der Waals surface area contributed by atoms with Gasteiger partial charge < -0.3 is 14.8 Å². The van der Waals surface area contributed by atoms with Crippen LogP contribution in [0, 0.1) is 0 Å². The highest BCUT2D eigenvalue weighted by atomic mass is 16.5. The van der Waals surface area contributed by atoms with Crippen LogP contribution in [0.4, 0.5) is 5.69 Å². The van der Waals surface area contributed by atoms with Gasteiger partial charge in [-0.1, -0.05) is 37.3 Å². The van der Waals surface area contributed by atoms with Crippen LogP contribution in [0.5, 0.6) is 5.75 Å². The van der Waals surface area contributed by atoms with Crippen molar-refractivity contribution < 1.29 is 19.1 Å². The second-order valence-corrected chi connectivity index (χ2v) is 5.27. The summed E-state index contributed by atoms with van der Waals surface area (Å²) in [5.74, 6) is -0.0391. The number of carbonyl (C=O) groups excluding carboxylic acids is 2. The number of methoxy groups -OCH3 is 1. The van der Waals surface area contributed by atoms with Gasteiger partial charge in [-0.25, -0.2) is 0 Å². The number of para-hydroxylation sites is 1. The fourth-order valence-electron chi connectivity index (χ4n) is 2.18. The number of anilines is 1. The molecular formula is C19H21NO4. The smallest absolute Gasteiger partial charge is 0.311 e. The SMILES string of the molecule is CC[C@H](OC(=O)Cc1ccc(OC)cc1)C(=O)Nc1ccccc1. The van der Waals surface area contributed by atoms with E-state index in [1.54, 1.807) is 50.4 Å². The molecule has 0 bridgehead atoms. The van der Waals surface area contributed by atoms with Gasteiger partial charge in [0.1, 0.15) is 5.75 Å². The normalized spacial score (nSPS) is 11.4. The highest BCUT2D eigenvalue weighted by Crippen LogP contribution is 2.13. The van der Waals surface area contributed by atoms with Crippen molar-refractivity contribution >= 4 is 17.6 Å². The molecule has 24 heavy (non-hydrogen) atoms. The van der Waals surface area contributed by atoms with E-state index in [1.165, 1.54) is 0 Å². The zero-order valence-electron chi connectivity index (χ0n) is 13.8. The van der Waals surface area contributed by atoms with Gasteiger partial charge in [0.15, 0.2) is 6.10 Å². The summed E-state index contributed by atoms with van der Waals surface area (Å²) in [7, 11) is 1.58. The van der Waals surface area contributed by atoms with Crippen LogP contribution in [0.3, 0.4) is 0 Å². The number of nitrogens with one attached hydrogen (secondary N) is 1. The largest absolute Gasteiger partial charge is 0.497 e. The zero-order chi connectivity index (χ0) is 17.4. The summed E-state index contributed by atoms with van der Waals surface area (Å²) in [5.41, 5.74) is 1.48. The molecule has 2 aromatic carbocycles. The molecule has 0 fully saturated rings. The van der Waals surface area contributed by atoms with Crippen LogP contribution in [-0.2, 0) is 20.7 Å². The van der Waals surface area contributed by atoms with Gasteiger partial charge in [-0.3, -0.25) is 9.59 Å². The lowest BCUT2D eigenvalue weighted by Crippen LogP contribution is -2.32. The monoisotopic (exact) mass is 327 g/mol. The number of rotatable bonds is 7. The van der Waals surface area contributed by atoms with Gasteiger partial charge in [0.2, 0.25) is 0 Å². The standard InChI is InChI=1S/C19H21NO4/c1-3-17(19(22)20-15-7-5-4-6-8-15)24-18(21)13-14-9-11-16(23-2)12-10-14/h4-12,17H,3,13H2,1-2H3,(H,20,22)/t17-/m0/s1. The molecule has 5 nitrogen and oxygen atoms in total. The minimum absolute atomic E-state index is 0.110. The Bertz CT molecular complexity index is 668. The molecule has 2 rings (SSSR count). The van der Waals surface area contributed by atoms with Gasteiger partial charge in [0.25, 0.3) is 5.91 Å². The lowest BCUT2D eigenvalue weighted by molar-refractivity contribution is -0.153. The second-order valence-electron chi connectivity index (χ2n) is 5.27. The van der Waals surface area contributed by atoms with Crippen molar-refractivity contribution in [1.29, 1.82) is 0 Å². The molecule has 0 aromatic heterocycles. The summed E-state index contributed by atoms with van der Waals surface area (Å²) in [4.78, 5) is 24.3. The first-order valence-corrected chi connectivity index (χ1v) is 7.80. The maximum Gasteiger partial charge on any atom is 0.311 e. The van der Waals surface area contributed by atoms with E-state index < -0.39 is 12.1 Å². The molecule has 0 aliphatic rings. The van der Waals surface area contributed by atoms with Gasteiger partial charge in [0.05, 0.1) is 13.5 Å². The fraction of sp³-hybridized carbons (Fsp3) is 0.263. The third-order valence-electron chi connectivity index (χ3n) is 3.49. The van der Waals surface area contributed by atoms with E-state index >= 15 is 0 Å². The van der Waals surface area contributed by atoms with Gasteiger partial charge in [-0.15, -0.1) is 0 Å². The molecule has 0 aliphatic heterocycles. The number of esters is 1. The Kier molecular flexibility index (Phi) is 6.37. The number of hydrogen-bond acceptors (Lipinski definition) is 4. The van der Waals surface area contributed by atoms with Gasteiger partial charge in [0, 0.05) is 5.69 Å². The van der Waals surface area contributed by atoms with Gasteiger partial charge in [-0.05, 0) is 36.2 Å². The topological polar surface area (TPSA) is 64.6 Å². The van der Waals surface area contributed by atoms with Crippen LogP contribution in [0.25, 0.3) is 0 Å². The lowest BCUT2D eigenvalue weighted by Gasteiger charge is -2.16. The quantitative estimate of drug-likeness (QED) is 0.793. The van der Waals surface area contributed by atoms with Gasteiger partial charge >= 0.3 is 5.97 Å². The molecule has 2 aromatic rings. The average Bonchev–Trinajstić information content (AvgIpc) is 2.61. The highest BCUT2D eigenvalue weighted by Gasteiger charge is 2.21. The molecule has 1 atom stereocenters. The molecule has 1 N–H and O–H groups in total.